The number of unbranched alkanes of at least 4 members (excludes halogenated alkanes) is 2. The van der Waals surface area contributed by atoms with Crippen LogP contribution in [0.25, 0.3) is 67.7 Å². The quantitative estimate of drug-likeness (QED) is 0.0531. The number of benzene rings is 4. The Kier molecular flexibility index (Phi) is 31.5. The van der Waals surface area contributed by atoms with E-state index < -0.39 is 0 Å². The number of nitrogen functional groups attached to an aromatic ring is 2. The first-order chi connectivity index (χ1) is 30.8. The second-order valence-electron chi connectivity index (χ2n) is 14.1. The van der Waals surface area contributed by atoms with Crippen LogP contribution in [0.5, 0.6) is 0 Å². The fourth-order valence-corrected chi connectivity index (χ4v) is 6.35. The number of anilines is 4. The zero-order valence-electron chi connectivity index (χ0n) is 38.0. The maximum Gasteiger partial charge on any atom is 2.00 e. The van der Waals surface area contributed by atoms with Gasteiger partial charge in [0.15, 0.2) is 0 Å². The number of rotatable bonds is 12. The molecule has 15 heteroatoms. The van der Waals surface area contributed by atoms with Gasteiger partial charge in [-0.25, -0.2) is 0 Å². The molecule has 2 heterocycles. The molecule has 0 aliphatic carbocycles. The SMILES string of the molecule is CCCC[n+]1c(/C=C/c2ccc(N(C)C)cc2)cc(N)c2ccccc21.CCCC[n+]1c(/C=C/c2ccc(N(C)C)cc2)cc(N)c2ccccc21.[N-]=C=S.[N-]=C=S.[N-]=C=S.[N-]=C=S.[Zn+2]. The molecule has 0 saturated carbocycles. The van der Waals surface area contributed by atoms with Gasteiger partial charge in [0.25, 0.3) is 0 Å². The van der Waals surface area contributed by atoms with Crippen molar-refractivity contribution in [1.29, 1.82) is 0 Å². The second kappa shape index (κ2) is 34.6. The van der Waals surface area contributed by atoms with Gasteiger partial charge >= 0.3 is 19.5 Å². The van der Waals surface area contributed by atoms with Crippen molar-refractivity contribution in [3.05, 3.63) is 153 Å². The summed E-state index contributed by atoms with van der Waals surface area (Å²) in [5, 5.41) is 36.1. The average Bonchev–Trinajstić information content (AvgIpc) is 3.29. The van der Waals surface area contributed by atoms with Gasteiger partial charge in [-0.2, -0.15) is 29.8 Å². The molecule has 6 aromatic rings. The minimum atomic E-state index is 0. The molecule has 0 aliphatic heterocycles. The number of fused-ring (bicyclic) bond motifs is 2. The minimum Gasteiger partial charge on any atom is -0.753 e. The summed E-state index contributed by atoms with van der Waals surface area (Å²) in [6, 6.07) is 38.1. The second-order valence-corrected chi connectivity index (χ2v) is 14.8. The third-order valence-corrected chi connectivity index (χ3v) is 9.42. The zero-order chi connectivity index (χ0) is 47.9. The van der Waals surface area contributed by atoms with Crippen LogP contribution in [0.1, 0.15) is 62.0 Å². The number of aromatic nitrogens is 2. The Morgan fingerprint density at radius 1 is 0.508 bits per heavy atom. The number of hydrogen-bond donors (Lipinski definition) is 2. The number of pyridine rings is 2. The number of hydrogen-bond acceptors (Lipinski definition) is 8. The van der Waals surface area contributed by atoms with Gasteiger partial charge in [0, 0.05) is 88.8 Å². The number of nitrogens with two attached hydrogens (primary N) is 2. The summed E-state index contributed by atoms with van der Waals surface area (Å²) in [6.45, 7) is 6.44. The summed E-state index contributed by atoms with van der Waals surface area (Å²) in [5.41, 5.74) is 23.8. The molecule has 0 aliphatic rings. The smallest absolute Gasteiger partial charge is 0.753 e. The van der Waals surface area contributed by atoms with Gasteiger partial charge in [0.1, 0.15) is 13.1 Å². The van der Waals surface area contributed by atoms with Gasteiger partial charge in [-0.3, -0.25) is 0 Å². The summed E-state index contributed by atoms with van der Waals surface area (Å²) < 4.78 is 4.75. The summed E-state index contributed by atoms with van der Waals surface area (Å²) in [4.78, 5) is 4.21. The third kappa shape index (κ3) is 20.7. The van der Waals surface area contributed by atoms with E-state index in [-0.39, 0.29) is 19.5 Å². The van der Waals surface area contributed by atoms with Crippen molar-refractivity contribution in [3.8, 4) is 0 Å². The predicted molar refractivity (Wildman–Crippen MR) is 290 cm³/mol. The van der Waals surface area contributed by atoms with E-state index in [1.54, 1.807) is 0 Å². The number of para-hydroxylation sites is 2. The molecule has 4 aromatic carbocycles. The van der Waals surface area contributed by atoms with Crippen LogP contribution < -0.4 is 30.4 Å². The minimum absolute atomic E-state index is 0. The third-order valence-electron chi connectivity index (χ3n) is 9.42. The van der Waals surface area contributed by atoms with Gasteiger partial charge in [-0.1, -0.05) is 124 Å². The molecule has 6 rings (SSSR count). The van der Waals surface area contributed by atoms with Crippen molar-refractivity contribution in [1.82, 2.24) is 0 Å². The Bertz CT molecular complexity index is 2350. The number of aryl methyl sites for hydroxylation is 2. The molecule has 0 saturated heterocycles. The van der Waals surface area contributed by atoms with Crippen LogP contribution >= 0.6 is 48.9 Å². The number of nitrogens with zero attached hydrogens (tertiary/aromatic N) is 8. The van der Waals surface area contributed by atoms with Crippen LogP contribution in [0.15, 0.2) is 109 Å². The average molecular weight is 991 g/mol. The van der Waals surface area contributed by atoms with Gasteiger partial charge in [-0.05, 0) is 59.7 Å². The van der Waals surface area contributed by atoms with E-state index >= 15 is 0 Å². The maximum absolute atomic E-state index is 7.13. The van der Waals surface area contributed by atoms with Crippen LogP contribution in [-0.2, 0) is 32.6 Å². The molecule has 0 unspecified atom stereocenters. The topological polar surface area (TPSA) is 155 Å². The van der Waals surface area contributed by atoms with E-state index in [1.807, 2.05) is 12.1 Å². The first-order valence-electron chi connectivity index (χ1n) is 20.2. The summed E-state index contributed by atoms with van der Waals surface area (Å²) in [6.07, 6.45) is 13.3. The largest absolute Gasteiger partial charge is 2.00 e. The van der Waals surface area contributed by atoms with Crippen LogP contribution in [0.4, 0.5) is 22.7 Å². The first kappa shape index (κ1) is 59.2. The number of isothiocyanates is 4. The van der Waals surface area contributed by atoms with E-state index in [1.165, 1.54) is 67.0 Å². The molecular formula is C50H56N10S4Zn. The van der Waals surface area contributed by atoms with Crippen molar-refractivity contribution in [2.24, 2.45) is 0 Å². The van der Waals surface area contributed by atoms with Crippen LogP contribution in [0.3, 0.4) is 0 Å². The predicted octanol–water partition coefficient (Wildman–Crippen LogP) is 12.1. The molecule has 0 radical (unpaired) electrons. The van der Waals surface area contributed by atoms with Crippen LogP contribution in [0, 0.1) is 0 Å². The van der Waals surface area contributed by atoms with Crippen molar-refractivity contribution >= 4 is 138 Å². The molecule has 4 N–H and O–H groups in total. The van der Waals surface area contributed by atoms with Gasteiger partial charge in [-0.15, -0.1) is 0 Å². The summed E-state index contributed by atoms with van der Waals surface area (Å²) in [5.74, 6) is 0. The van der Waals surface area contributed by atoms with Crippen molar-refractivity contribution < 1.29 is 28.6 Å². The standard InChI is InChI=1S/2C23H27N3.4CNS.Zn/c2*1-4-5-16-26-20(17-22(24)21-8-6-7-9-23(21)26)15-12-18-10-13-19(14-11-18)25(2)3;4*2-1-3;/h2*6-15,17,24H,4-5,16H2,1-3H3;;;;;/q;;4*-1;+2/p+2/b2*15-12+;;;;;. The molecule has 2 aromatic heterocycles. The van der Waals surface area contributed by atoms with Gasteiger partial charge in [0.05, 0.1) is 22.1 Å². The van der Waals surface area contributed by atoms with Crippen molar-refractivity contribution in [2.75, 3.05) is 49.5 Å². The van der Waals surface area contributed by atoms with E-state index in [9.17, 15) is 0 Å². The molecular weight excluding hydrogens is 934 g/mol. The Morgan fingerprint density at radius 3 is 1.08 bits per heavy atom. The Morgan fingerprint density at radius 2 is 0.800 bits per heavy atom. The normalized spacial score (nSPS) is 9.57. The molecule has 0 fully saturated rings. The molecule has 65 heavy (non-hydrogen) atoms. The molecule has 332 valence electrons. The summed E-state index contributed by atoms with van der Waals surface area (Å²) in [7, 11) is 8.22. The van der Waals surface area contributed by atoms with Crippen LogP contribution in [0.2, 0.25) is 0 Å². The van der Waals surface area contributed by atoms with Crippen molar-refractivity contribution in [3.63, 3.8) is 0 Å². The maximum atomic E-state index is 7.13. The zero-order valence-corrected chi connectivity index (χ0v) is 44.2. The van der Waals surface area contributed by atoms with E-state index in [0.717, 1.165) is 59.5 Å². The molecule has 0 bridgehead atoms. The Labute approximate surface area is 419 Å². The summed E-state index contributed by atoms with van der Waals surface area (Å²) >= 11 is 14.8. The monoisotopic (exact) mass is 988 g/mol. The Balaban J connectivity index is 0.00000100. The molecule has 0 amide bonds. The van der Waals surface area contributed by atoms with E-state index in [0.29, 0.717) is 0 Å². The fraction of sp³-hybridized carbons (Fsp3) is 0.240. The van der Waals surface area contributed by atoms with E-state index in [4.69, 9.17) is 33.1 Å². The van der Waals surface area contributed by atoms with Gasteiger partial charge in [0.2, 0.25) is 22.4 Å². The first-order valence-corrected chi connectivity index (χ1v) is 21.9. The van der Waals surface area contributed by atoms with Crippen molar-refractivity contribution in [2.45, 2.75) is 52.6 Å². The van der Waals surface area contributed by atoms with E-state index in [2.05, 4.69) is 231 Å². The number of thiocarbonyl (C=S) groups is 4. The molecule has 0 atom stereocenters. The molecule has 10 nitrogen and oxygen atoms in total. The molecule has 0 spiro atoms. The fourth-order valence-electron chi connectivity index (χ4n) is 6.35. The Hall–Kier alpha value is -5.80. The van der Waals surface area contributed by atoms with Crippen LogP contribution in [-0.4, -0.2) is 48.8 Å². The van der Waals surface area contributed by atoms with Gasteiger partial charge < -0.3 is 42.9 Å².